The van der Waals surface area contributed by atoms with Crippen LogP contribution >= 0.6 is 0 Å². The van der Waals surface area contributed by atoms with Crippen LogP contribution in [0.25, 0.3) is 0 Å². The summed E-state index contributed by atoms with van der Waals surface area (Å²) in [5.74, 6) is -0.335. The van der Waals surface area contributed by atoms with Crippen molar-refractivity contribution in [2.24, 2.45) is 0 Å². The molecule has 0 aliphatic carbocycles. The zero-order valence-electron chi connectivity index (χ0n) is 13.1. The normalized spacial score (nSPS) is 12.1. The van der Waals surface area contributed by atoms with E-state index in [1.54, 1.807) is 23.9 Å². The predicted molar refractivity (Wildman–Crippen MR) is 83.5 cm³/mol. The van der Waals surface area contributed by atoms with E-state index >= 15 is 0 Å². The molecule has 118 valence electrons. The Morgan fingerprint density at radius 2 is 2.05 bits per heavy atom. The number of benzene rings is 1. The van der Waals surface area contributed by atoms with Crippen LogP contribution in [0.5, 0.6) is 0 Å². The number of aryl methyl sites for hydroxylation is 1. The van der Waals surface area contributed by atoms with Crippen molar-refractivity contribution < 1.29 is 14.3 Å². The minimum absolute atomic E-state index is 0.0828. The van der Waals surface area contributed by atoms with Crippen LogP contribution in [0.15, 0.2) is 42.6 Å². The molecule has 0 spiro atoms. The molecule has 0 fully saturated rings. The summed E-state index contributed by atoms with van der Waals surface area (Å²) >= 11 is 0. The van der Waals surface area contributed by atoms with E-state index in [0.29, 0.717) is 25.5 Å². The second-order valence-electron chi connectivity index (χ2n) is 5.06. The third-order valence-corrected chi connectivity index (χ3v) is 3.33. The highest BCUT2D eigenvalue weighted by atomic mass is 16.5. The number of nitrogens with zero attached hydrogens (tertiary/aromatic N) is 2. The average Bonchev–Trinajstić information content (AvgIpc) is 3.01. The van der Waals surface area contributed by atoms with Crippen LogP contribution < -0.4 is 0 Å². The van der Waals surface area contributed by atoms with Gasteiger partial charge in [-0.2, -0.15) is 5.10 Å². The molecule has 0 radical (unpaired) electrons. The standard InChI is InChI=1S/C17H22N2O3/c1-3-21-17(20)16-9-11-18-19(16)12-10-14(2)22-13-15-7-5-4-6-8-15/h4-9,11,14H,3,10,12-13H2,1-2H3. The topological polar surface area (TPSA) is 53.3 Å². The van der Waals surface area contributed by atoms with Gasteiger partial charge in [0.2, 0.25) is 0 Å². The van der Waals surface area contributed by atoms with E-state index < -0.39 is 0 Å². The maximum atomic E-state index is 11.8. The van der Waals surface area contributed by atoms with Crippen LogP contribution in [-0.2, 0) is 22.6 Å². The first-order valence-corrected chi connectivity index (χ1v) is 7.55. The van der Waals surface area contributed by atoms with Crippen molar-refractivity contribution in [2.75, 3.05) is 6.61 Å². The Balaban J connectivity index is 1.80. The first-order chi connectivity index (χ1) is 10.7. The van der Waals surface area contributed by atoms with Crippen LogP contribution in [0.2, 0.25) is 0 Å². The number of rotatable bonds is 8. The number of esters is 1. The molecule has 0 saturated carbocycles. The summed E-state index contributed by atoms with van der Waals surface area (Å²) in [6.45, 7) is 5.39. The smallest absolute Gasteiger partial charge is 0.356 e. The third kappa shape index (κ3) is 4.70. The lowest BCUT2D eigenvalue weighted by Crippen LogP contribution is -2.17. The van der Waals surface area contributed by atoms with Crippen molar-refractivity contribution in [3.63, 3.8) is 0 Å². The molecule has 22 heavy (non-hydrogen) atoms. The van der Waals surface area contributed by atoms with Crippen molar-refractivity contribution in [3.05, 3.63) is 53.9 Å². The zero-order chi connectivity index (χ0) is 15.8. The molecular weight excluding hydrogens is 280 g/mol. The van der Waals surface area contributed by atoms with Gasteiger partial charge in [-0.1, -0.05) is 30.3 Å². The number of carbonyl (C=O) groups is 1. The number of ether oxygens (including phenoxy) is 2. The van der Waals surface area contributed by atoms with Gasteiger partial charge >= 0.3 is 5.97 Å². The molecular formula is C17H22N2O3. The van der Waals surface area contributed by atoms with Gasteiger partial charge in [0.25, 0.3) is 0 Å². The van der Waals surface area contributed by atoms with Gasteiger partial charge in [0.05, 0.1) is 19.3 Å². The summed E-state index contributed by atoms with van der Waals surface area (Å²) < 4.78 is 12.5. The number of hydrogen-bond acceptors (Lipinski definition) is 4. The number of carbonyl (C=O) groups excluding carboxylic acids is 1. The summed E-state index contributed by atoms with van der Waals surface area (Å²) in [5, 5.41) is 4.17. The number of hydrogen-bond donors (Lipinski definition) is 0. The highest BCUT2D eigenvalue weighted by Gasteiger charge is 2.13. The molecule has 1 unspecified atom stereocenters. The summed E-state index contributed by atoms with van der Waals surface area (Å²) in [5.41, 5.74) is 1.64. The lowest BCUT2D eigenvalue weighted by Gasteiger charge is -2.14. The first-order valence-electron chi connectivity index (χ1n) is 7.55. The fourth-order valence-corrected chi connectivity index (χ4v) is 2.09. The van der Waals surface area contributed by atoms with Crippen molar-refractivity contribution in [1.29, 1.82) is 0 Å². The van der Waals surface area contributed by atoms with Gasteiger partial charge in [-0.3, -0.25) is 4.68 Å². The van der Waals surface area contributed by atoms with E-state index in [1.807, 2.05) is 37.3 Å². The fourth-order valence-electron chi connectivity index (χ4n) is 2.09. The molecule has 1 aromatic carbocycles. The van der Waals surface area contributed by atoms with E-state index in [9.17, 15) is 4.79 Å². The lowest BCUT2D eigenvalue weighted by atomic mass is 10.2. The maximum absolute atomic E-state index is 11.8. The van der Waals surface area contributed by atoms with Crippen LogP contribution in [-0.4, -0.2) is 28.5 Å². The van der Waals surface area contributed by atoms with Gasteiger partial charge in [-0.05, 0) is 31.9 Å². The van der Waals surface area contributed by atoms with Gasteiger partial charge in [0, 0.05) is 12.7 Å². The lowest BCUT2D eigenvalue weighted by molar-refractivity contribution is 0.0421. The molecule has 0 bridgehead atoms. The Kier molecular flexibility index (Phi) is 6.15. The van der Waals surface area contributed by atoms with E-state index in [1.165, 1.54) is 0 Å². The third-order valence-electron chi connectivity index (χ3n) is 3.33. The van der Waals surface area contributed by atoms with Crippen molar-refractivity contribution in [2.45, 2.75) is 39.5 Å². The first kappa shape index (κ1) is 16.2. The predicted octanol–water partition coefficient (Wildman–Crippen LogP) is 3.06. The second-order valence-corrected chi connectivity index (χ2v) is 5.06. The number of aromatic nitrogens is 2. The Labute approximate surface area is 130 Å². The molecule has 2 rings (SSSR count). The van der Waals surface area contributed by atoms with Gasteiger partial charge in [0.1, 0.15) is 5.69 Å². The quantitative estimate of drug-likeness (QED) is 0.703. The summed E-state index contributed by atoms with van der Waals surface area (Å²) in [7, 11) is 0. The zero-order valence-corrected chi connectivity index (χ0v) is 13.1. The molecule has 5 nitrogen and oxygen atoms in total. The fraction of sp³-hybridized carbons (Fsp3) is 0.412. The molecule has 0 saturated heterocycles. The van der Waals surface area contributed by atoms with E-state index in [4.69, 9.17) is 9.47 Å². The highest BCUT2D eigenvalue weighted by molar-refractivity contribution is 5.87. The summed E-state index contributed by atoms with van der Waals surface area (Å²) in [4.78, 5) is 11.8. The van der Waals surface area contributed by atoms with Crippen LogP contribution in [0.3, 0.4) is 0 Å². The van der Waals surface area contributed by atoms with E-state index in [2.05, 4.69) is 5.10 Å². The molecule has 0 N–H and O–H groups in total. The summed E-state index contributed by atoms with van der Waals surface area (Å²) in [6, 6.07) is 11.7. The Hall–Kier alpha value is -2.14. The van der Waals surface area contributed by atoms with E-state index in [0.717, 1.165) is 12.0 Å². The van der Waals surface area contributed by atoms with Gasteiger partial charge in [-0.15, -0.1) is 0 Å². The average molecular weight is 302 g/mol. The largest absolute Gasteiger partial charge is 0.461 e. The SMILES string of the molecule is CCOC(=O)c1ccnn1CCC(C)OCc1ccccc1. The summed E-state index contributed by atoms with van der Waals surface area (Å²) in [6.07, 6.45) is 2.47. The van der Waals surface area contributed by atoms with Crippen molar-refractivity contribution in [3.8, 4) is 0 Å². The molecule has 0 aliphatic heterocycles. The Morgan fingerprint density at radius 3 is 2.77 bits per heavy atom. The second kappa shape index (κ2) is 8.34. The van der Waals surface area contributed by atoms with E-state index in [-0.39, 0.29) is 12.1 Å². The van der Waals surface area contributed by atoms with Crippen LogP contribution in [0, 0.1) is 0 Å². The monoisotopic (exact) mass is 302 g/mol. The van der Waals surface area contributed by atoms with Crippen molar-refractivity contribution >= 4 is 5.97 Å². The van der Waals surface area contributed by atoms with Gasteiger partial charge in [-0.25, -0.2) is 4.79 Å². The van der Waals surface area contributed by atoms with Gasteiger partial charge < -0.3 is 9.47 Å². The van der Waals surface area contributed by atoms with Crippen molar-refractivity contribution in [1.82, 2.24) is 9.78 Å². The van der Waals surface area contributed by atoms with Crippen LogP contribution in [0.4, 0.5) is 0 Å². The molecule has 1 aromatic heterocycles. The molecule has 2 aromatic rings. The minimum Gasteiger partial charge on any atom is -0.461 e. The Bertz CT molecular complexity index is 581. The molecule has 0 amide bonds. The molecule has 1 heterocycles. The minimum atomic E-state index is -0.335. The maximum Gasteiger partial charge on any atom is 0.356 e. The molecule has 0 aliphatic rings. The van der Waals surface area contributed by atoms with Crippen LogP contribution in [0.1, 0.15) is 36.3 Å². The molecule has 1 atom stereocenters. The molecule has 5 heteroatoms. The Morgan fingerprint density at radius 1 is 1.27 bits per heavy atom. The highest BCUT2D eigenvalue weighted by Crippen LogP contribution is 2.08. The van der Waals surface area contributed by atoms with Gasteiger partial charge in [0.15, 0.2) is 0 Å².